The Morgan fingerprint density at radius 3 is 2.29 bits per heavy atom. The number of hydrogen-bond donors (Lipinski definition) is 0. The third-order valence-corrected chi connectivity index (χ3v) is 3.09. The minimum absolute atomic E-state index is 0.0687. The van der Waals surface area contributed by atoms with Crippen molar-refractivity contribution in [1.29, 1.82) is 0 Å². The topological polar surface area (TPSA) is 57.7 Å². The molecule has 2 aromatic rings. The van der Waals surface area contributed by atoms with Gasteiger partial charge in [0, 0.05) is 24.9 Å². The molecule has 0 bridgehead atoms. The summed E-state index contributed by atoms with van der Waals surface area (Å²) in [6.07, 6.45) is 3.59. The number of ketones is 1. The van der Waals surface area contributed by atoms with Crippen molar-refractivity contribution in [1.82, 2.24) is 4.98 Å². The molecule has 0 aliphatic rings. The standard InChI is InChI=1S/C16H17NO4/c1-19-14-9-16(21-3)15(20-2)8-12(14)13(18)7-11-5-4-6-17-10-11/h4-6,8-10H,7H2,1-3H3. The Bertz CT molecular complexity index is 626. The second kappa shape index (κ2) is 6.74. The highest BCUT2D eigenvalue weighted by Crippen LogP contribution is 2.35. The highest BCUT2D eigenvalue weighted by Gasteiger charge is 2.17. The van der Waals surface area contributed by atoms with E-state index in [-0.39, 0.29) is 12.2 Å². The first-order valence-electron chi connectivity index (χ1n) is 6.41. The number of pyridine rings is 1. The van der Waals surface area contributed by atoms with Crippen LogP contribution in [0.5, 0.6) is 17.2 Å². The van der Waals surface area contributed by atoms with E-state index >= 15 is 0 Å². The van der Waals surface area contributed by atoms with Crippen LogP contribution in [0, 0.1) is 0 Å². The van der Waals surface area contributed by atoms with Crippen molar-refractivity contribution in [2.75, 3.05) is 21.3 Å². The molecule has 0 aliphatic carbocycles. The van der Waals surface area contributed by atoms with E-state index in [1.807, 2.05) is 6.07 Å². The minimum atomic E-state index is -0.0687. The molecule has 0 spiro atoms. The van der Waals surface area contributed by atoms with Crippen LogP contribution in [-0.2, 0) is 6.42 Å². The first-order chi connectivity index (χ1) is 10.2. The molecule has 0 amide bonds. The maximum atomic E-state index is 12.5. The number of nitrogens with zero attached hydrogens (tertiary/aromatic N) is 1. The van der Waals surface area contributed by atoms with Crippen LogP contribution in [-0.4, -0.2) is 32.1 Å². The normalized spacial score (nSPS) is 10.0. The van der Waals surface area contributed by atoms with Crippen molar-refractivity contribution >= 4 is 5.78 Å². The largest absolute Gasteiger partial charge is 0.496 e. The summed E-state index contributed by atoms with van der Waals surface area (Å²) in [7, 11) is 4.58. The molecule has 110 valence electrons. The molecule has 2 rings (SSSR count). The van der Waals surface area contributed by atoms with Gasteiger partial charge in [0.15, 0.2) is 17.3 Å². The quantitative estimate of drug-likeness (QED) is 0.764. The fraction of sp³-hybridized carbons (Fsp3) is 0.250. The molecule has 21 heavy (non-hydrogen) atoms. The molecule has 0 saturated heterocycles. The molecule has 5 nitrogen and oxygen atoms in total. The number of hydrogen-bond acceptors (Lipinski definition) is 5. The van der Waals surface area contributed by atoms with Crippen LogP contribution in [0.15, 0.2) is 36.7 Å². The first-order valence-corrected chi connectivity index (χ1v) is 6.41. The van der Waals surface area contributed by atoms with Gasteiger partial charge in [0.1, 0.15) is 5.75 Å². The molecule has 1 heterocycles. The maximum absolute atomic E-state index is 12.5. The molecule has 5 heteroatoms. The number of aromatic nitrogens is 1. The summed E-state index contributed by atoms with van der Waals surface area (Å²) < 4.78 is 15.7. The molecule has 0 fully saturated rings. The minimum Gasteiger partial charge on any atom is -0.496 e. The summed E-state index contributed by atoms with van der Waals surface area (Å²) in [5.74, 6) is 1.41. The monoisotopic (exact) mass is 287 g/mol. The molecule has 0 radical (unpaired) electrons. The van der Waals surface area contributed by atoms with E-state index in [4.69, 9.17) is 14.2 Å². The van der Waals surface area contributed by atoms with Crippen LogP contribution in [0.25, 0.3) is 0 Å². The van der Waals surface area contributed by atoms with Crippen molar-refractivity contribution in [2.45, 2.75) is 6.42 Å². The fourth-order valence-electron chi connectivity index (χ4n) is 2.03. The Balaban J connectivity index is 2.35. The molecule has 1 aromatic heterocycles. The highest BCUT2D eigenvalue weighted by molar-refractivity contribution is 6.00. The number of ether oxygens (including phenoxy) is 3. The molecule has 0 N–H and O–H groups in total. The van der Waals surface area contributed by atoms with Gasteiger partial charge in [0.25, 0.3) is 0 Å². The van der Waals surface area contributed by atoms with Crippen LogP contribution >= 0.6 is 0 Å². The maximum Gasteiger partial charge on any atom is 0.171 e. The zero-order valence-corrected chi connectivity index (χ0v) is 12.3. The first kappa shape index (κ1) is 14.8. The summed E-state index contributed by atoms with van der Waals surface area (Å²) in [6.45, 7) is 0. The predicted octanol–water partition coefficient (Wildman–Crippen LogP) is 2.53. The van der Waals surface area contributed by atoms with Crippen LogP contribution < -0.4 is 14.2 Å². The number of carbonyl (C=O) groups is 1. The molecule has 0 atom stereocenters. The highest BCUT2D eigenvalue weighted by atomic mass is 16.5. The Morgan fingerprint density at radius 2 is 1.71 bits per heavy atom. The van der Waals surface area contributed by atoms with Crippen LogP contribution in [0.4, 0.5) is 0 Å². The number of carbonyl (C=O) groups excluding carboxylic acids is 1. The number of rotatable bonds is 6. The number of methoxy groups -OCH3 is 3. The van der Waals surface area contributed by atoms with E-state index in [1.165, 1.54) is 21.3 Å². The van der Waals surface area contributed by atoms with E-state index in [1.54, 1.807) is 30.6 Å². The van der Waals surface area contributed by atoms with Crippen LogP contribution in [0.2, 0.25) is 0 Å². The molecule has 0 unspecified atom stereocenters. The Morgan fingerprint density at radius 1 is 1.05 bits per heavy atom. The predicted molar refractivity (Wildman–Crippen MR) is 78.4 cm³/mol. The molecule has 1 aromatic carbocycles. The van der Waals surface area contributed by atoms with Gasteiger partial charge < -0.3 is 14.2 Å². The second-order valence-corrected chi connectivity index (χ2v) is 4.37. The average molecular weight is 287 g/mol. The van der Waals surface area contributed by atoms with Gasteiger partial charge in [-0.2, -0.15) is 0 Å². The zero-order chi connectivity index (χ0) is 15.2. The third kappa shape index (κ3) is 3.31. The van der Waals surface area contributed by atoms with Crippen molar-refractivity contribution in [3.8, 4) is 17.2 Å². The summed E-state index contributed by atoms with van der Waals surface area (Å²) in [6, 6.07) is 6.94. The molecule has 0 aliphatic heterocycles. The van der Waals surface area contributed by atoms with E-state index in [0.717, 1.165) is 5.56 Å². The molecular weight excluding hydrogens is 270 g/mol. The van der Waals surface area contributed by atoms with Crippen LogP contribution in [0.3, 0.4) is 0 Å². The summed E-state index contributed by atoms with van der Waals surface area (Å²) in [4.78, 5) is 16.5. The summed E-state index contributed by atoms with van der Waals surface area (Å²) in [5.41, 5.74) is 1.30. The Kier molecular flexibility index (Phi) is 4.77. The molecular formula is C16H17NO4. The van der Waals surface area contributed by atoms with Crippen molar-refractivity contribution in [3.63, 3.8) is 0 Å². The lowest BCUT2D eigenvalue weighted by Crippen LogP contribution is -2.07. The Hall–Kier alpha value is -2.56. The van der Waals surface area contributed by atoms with E-state index in [0.29, 0.717) is 22.8 Å². The smallest absolute Gasteiger partial charge is 0.171 e. The van der Waals surface area contributed by atoms with Crippen molar-refractivity contribution in [2.24, 2.45) is 0 Å². The van der Waals surface area contributed by atoms with Gasteiger partial charge >= 0.3 is 0 Å². The van der Waals surface area contributed by atoms with Crippen molar-refractivity contribution in [3.05, 3.63) is 47.8 Å². The number of Topliss-reactive ketones (excluding diaryl/α,β-unsaturated/α-hetero) is 1. The van der Waals surface area contributed by atoms with Gasteiger partial charge in [-0.3, -0.25) is 9.78 Å². The van der Waals surface area contributed by atoms with Gasteiger partial charge in [-0.05, 0) is 17.7 Å². The van der Waals surface area contributed by atoms with E-state index in [2.05, 4.69) is 4.98 Å². The van der Waals surface area contributed by atoms with E-state index < -0.39 is 0 Å². The zero-order valence-electron chi connectivity index (χ0n) is 12.3. The van der Waals surface area contributed by atoms with E-state index in [9.17, 15) is 4.79 Å². The van der Waals surface area contributed by atoms with Crippen molar-refractivity contribution < 1.29 is 19.0 Å². The average Bonchev–Trinajstić information content (AvgIpc) is 2.54. The molecule has 0 saturated carbocycles. The van der Waals surface area contributed by atoms with Gasteiger partial charge in [-0.25, -0.2) is 0 Å². The lowest BCUT2D eigenvalue weighted by atomic mass is 10.0. The van der Waals surface area contributed by atoms with Gasteiger partial charge in [0.05, 0.1) is 26.9 Å². The Labute approximate surface area is 123 Å². The lowest BCUT2D eigenvalue weighted by Gasteiger charge is -2.13. The van der Waals surface area contributed by atoms with Gasteiger partial charge in [-0.1, -0.05) is 6.07 Å². The summed E-state index contributed by atoms with van der Waals surface area (Å²) in [5, 5.41) is 0. The number of benzene rings is 1. The third-order valence-electron chi connectivity index (χ3n) is 3.09. The summed E-state index contributed by atoms with van der Waals surface area (Å²) >= 11 is 0. The van der Waals surface area contributed by atoms with Gasteiger partial charge in [-0.15, -0.1) is 0 Å². The van der Waals surface area contributed by atoms with Crippen LogP contribution in [0.1, 0.15) is 15.9 Å². The fourth-order valence-corrected chi connectivity index (χ4v) is 2.03. The second-order valence-electron chi connectivity index (χ2n) is 4.37. The lowest BCUT2D eigenvalue weighted by molar-refractivity contribution is 0.0989. The van der Waals surface area contributed by atoms with Gasteiger partial charge in [0.2, 0.25) is 0 Å². The SMILES string of the molecule is COc1cc(OC)c(C(=O)Cc2cccnc2)cc1OC.